The van der Waals surface area contributed by atoms with Gasteiger partial charge in [-0.2, -0.15) is 0 Å². The molecule has 0 saturated carbocycles. The van der Waals surface area contributed by atoms with Gasteiger partial charge in [0.2, 0.25) is 5.91 Å². The van der Waals surface area contributed by atoms with E-state index in [1.807, 2.05) is 13.8 Å². The van der Waals surface area contributed by atoms with Crippen LogP contribution in [0.15, 0.2) is 0 Å². The van der Waals surface area contributed by atoms with Gasteiger partial charge in [0.25, 0.3) is 0 Å². The Labute approximate surface area is 155 Å². The molecular weight excluding hydrogens is 334 g/mol. The van der Waals surface area contributed by atoms with Crippen LogP contribution in [0.3, 0.4) is 0 Å². The number of nitrogens with one attached hydrogen (secondary N) is 1. The first-order valence-electron chi connectivity index (χ1n) is 9.26. The van der Waals surface area contributed by atoms with Crippen LogP contribution in [0.5, 0.6) is 0 Å². The molecule has 0 bridgehead atoms. The molecule has 4 nitrogen and oxygen atoms in total. The normalized spacial score (nSPS) is 17.3. The number of fused-ring (bicyclic) bond motifs is 1. The first kappa shape index (κ1) is 20.0. The number of thiophene rings is 1. The minimum absolute atomic E-state index is 0.00104. The van der Waals surface area contributed by atoms with Gasteiger partial charge in [0.1, 0.15) is 5.00 Å². The molecule has 1 aromatic heterocycles. The Morgan fingerprint density at radius 2 is 1.92 bits per heavy atom. The molecule has 0 fully saturated rings. The average molecular weight is 366 g/mol. The van der Waals surface area contributed by atoms with Gasteiger partial charge in [-0.1, -0.05) is 34.6 Å². The van der Waals surface area contributed by atoms with Crippen molar-refractivity contribution in [1.82, 2.24) is 0 Å². The lowest BCUT2D eigenvalue weighted by Gasteiger charge is -2.33. The molecule has 25 heavy (non-hydrogen) atoms. The van der Waals surface area contributed by atoms with Crippen molar-refractivity contribution in [3.05, 3.63) is 16.0 Å². The highest BCUT2D eigenvalue weighted by Crippen LogP contribution is 2.44. The lowest BCUT2D eigenvalue weighted by atomic mass is 9.72. The van der Waals surface area contributed by atoms with Gasteiger partial charge in [0.15, 0.2) is 0 Å². The van der Waals surface area contributed by atoms with Crippen molar-refractivity contribution >= 4 is 28.2 Å². The molecule has 2 rings (SSSR count). The van der Waals surface area contributed by atoms with Gasteiger partial charge >= 0.3 is 5.97 Å². The van der Waals surface area contributed by atoms with E-state index in [0.717, 1.165) is 37.7 Å². The predicted molar refractivity (Wildman–Crippen MR) is 103 cm³/mol. The zero-order valence-electron chi connectivity index (χ0n) is 16.3. The van der Waals surface area contributed by atoms with E-state index < -0.39 is 0 Å². The maximum atomic E-state index is 12.5. The molecule has 0 saturated heterocycles. The summed E-state index contributed by atoms with van der Waals surface area (Å²) in [6.07, 6.45) is 4.50. The molecule has 5 heteroatoms. The van der Waals surface area contributed by atoms with Gasteiger partial charge in [-0.05, 0) is 49.0 Å². The molecule has 1 aliphatic carbocycles. The van der Waals surface area contributed by atoms with Crippen molar-refractivity contribution in [1.29, 1.82) is 0 Å². The van der Waals surface area contributed by atoms with Crippen LogP contribution in [0.2, 0.25) is 0 Å². The molecule has 140 valence electrons. The van der Waals surface area contributed by atoms with Crippen molar-refractivity contribution in [3.63, 3.8) is 0 Å². The van der Waals surface area contributed by atoms with Crippen LogP contribution in [-0.4, -0.2) is 19.0 Å². The molecule has 1 N–H and O–H groups in total. The van der Waals surface area contributed by atoms with Crippen LogP contribution in [-0.2, 0) is 22.4 Å². The first-order valence-corrected chi connectivity index (χ1v) is 10.1. The minimum Gasteiger partial charge on any atom is -0.465 e. The zero-order chi connectivity index (χ0) is 18.8. The third kappa shape index (κ3) is 4.25. The lowest BCUT2D eigenvalue weighted by molar-refractivity contribution is -0.120. The lowest BCUT2D eigenvalue weighted by Crippen LogP contribution is -2.26. The topological polar surface area (TPSA) is 55.4 Å². The van der Waals surface area contributed by atoms with E-state index in [-0.39, 0.29) is 23.2 Å². The van der Waals surface area contributed by atoms with Gasteiger partial charge in [0.05, 0.1) is 12.7 Å². The number of amides is 1. The van der Waals surface area contributed by atoms with Crippen molar-refractivity contribution < 1.29 is 14.3 Å². The number of hydrogen-bond donors (Lipinski definition) is 1. The summed E-state index contributed by atoms with van der Waals surface area (Å²) in [5, 5.41) is 3.69. The fourth-order valence-corrected chi connectivity index (χ4v) is 4.92. The summed E-state index contributed by atoms with van der Waals surface area (Å²) in [5.74, 6) is 0.228. The fraction of sp³-hybridized carbons (Fsp3) is 0.700. The third-order valence-electron chi connectivity index (χ3n) is 5.47. The van der Waals surface area contributed by atoms with Crippen LogP contribution < -0.4 is 5.32 Å². The minimum atomic E-state index is -0.341. The van der Waals surface area contributed by atoms with E-state index >= 15 is 0 Å². The quantitative estimate of drug-likeness (QED) is 0.742. The smallest absolute Gasteiger partial charge is 0.341 e. The van der Waals surface area contributed by atoms with E-state index in [0.29, 0.717) is 16.5 Å². The number of carbonyl (C=O) groups is 2. The summed E-state index contributed by atoms with van der Waals surface area (Å²) >= 11 is 1.56. The number of esters is 1. The second-order valence-corrected chi connectivity index (χ2v) is 9.11. The van der Waals surface area contributed by atoms with Crippen LogP contribution in [0.25, 0.3) is 0 Å². The van der Waals surface area contributed by atoms with Gasteiger partial charge in [0, 0.05) is 10.8 Å². The second-order valence-electron chi connectivity index (χ2n) is 8.01. The highest BCUT2D eigenvalue weighted by molar-refractivity contribution is 7.17. The van der Waals surface area contributed by atoms with Crippen LogP contribution in [0, 0.1) is 17.3 Å². The Balaban J connectivity index is 2.36. The molecule has 1 amide bonds. The maximum Gasteiger partial charge on any atom is 0.341 e. The number of carbonyl (C=O) groups excluding carboxylic acids is 2. The number of anilines is 1. The number of methoxy groups -OCH3 is 1. The first-order chi connectivity index (χ1) is 11.7. The molecular formula is C20H31NO3S. The SMILES string of the molecule is CCC(CC)C(=O)Nc1sc2c(c1C(=O)OC)CCC(C(C)(C)C)C2. The van der Waals surface area contributed by atoms with E-state index in [1.54, 1.807) is 11.3 Å². The third-order valence-corrected chi connectivity index (χ3v) is 6.64. The molecule has 0 spiro atoms. The van der Waals surface area contributed by atoms with Gasteiger partial charge in [-0.3, -0.25) is 4.79 Å². The van der Waals surface area contributed by atoms with Crippen molar-refractivity contribution in [2.45, 2.75) is 66.7 Å². The second kappa shape index (κ2) is 7.90. The van der Waals surface area contributed by atoms with Crippen molar-refractivity contribution in [2.24, 2.45) is 17.3 Å². The van der Waals surface area contributed by atoms with Crippen LogP contribution in [0.1, 0.15) is 74.7 Å². The largest absolute Gasteiger partial charge is 0.465 e. The summed E-state index contributed by atoms with van der Waals surface area (Å²) in [6, 6.07) is 0. The molecule has 1 aliphatic rings. The number of ether oxygens (including phenoxy) is 1. The maximum absolute atomic E-state index is 12.5. The van der Waals surface area contributed by atoms with Gasteiger partial charge in [-0.15, -0.1) is 11.3 Å². The molecule has 0 aromatic carbocycles. The molecule has 0 aliphatic heterocycles. The van der Waals surface area contributed by atoms with Crippen LogP contribution in [0.4, 0.5) is 5.00 Å². The Morgan fingerprint density at radius 1 is 1.28 bits per heavy atom. The predicted octanol–water partition coefficient (Wildman–Crippen LogP) is 5.06. The fourth-order valence-electron chi connectivity index (χ4n) is 3.60. The van der Waals surface area contributed by atoms with E-state index in [1.165, 1.54) is 12.0 Å². The highest BCUT2D eigenvalue weighted by atomic mass is 32.1. The van der Waals surface area contributed by atoms with Crippen molar-refractivity contribution in [3.8, 4) is 0 Å². The summed E-state index contributed by atoms with van der Waals surface area (Å²) in [6.45, 7) is 10.8. The van der Waals surface area contributed by atoms with E-state index in [4.69, 9.17) is 4.74 Å². The number of hydrogen-bond acceptors (Lipinski definition) is 4. The summed E-state index contributed by atoms with van der Waals surface area (Å²) in [7, 11) is 1.40. The Morgan fingerprint density at radius 3 is 2.44 bits per heavy atom. The zero-order valence-corrected chi connectivity index (χ0v) is 17.1. The molecule has 1 heterocycles. The van der Waals surface area contributed by atoms with E-state index in [9.17, 15) is 9.59 Å². The monoisotopic (exact) mass is 365 g/mol. The Kier molecular flexibility index (Phi) is 6.30. The summed E-state index contributed by atoms with van der Waals surface area (Å²) in [4.78, 5) is 26.1. The summed E-state index contributed by atoms with van der Waals surface area (Å²) in [5.41, 5.74) is 1.90. The summed E-state index contributed by atoms with van der Waals surface area (Å²) < 4.78 is 5.01. The average Bonchev–Trinajstić information content (AvgIpc) is 2.91. The van der Waals surface area contributed by atoms with Gasteiger partial charge < -0.3 is 10.1 Å². The highest BCUT2D eigenvalue weighted by Gasteiger charge is 2.34. The molecule has 1 aromatic rings. The van der Waals surface area contributed by atoms with E-state index in [2.05, 4.69) is 26.1 Å². The Hall–Kier alpha value is -1.36. The molecule has 0 radical (unpaired) electrons. The van der Waals surface area contributed by atoms with Crippen LogP contribution >= 0.6 is 11.3 Å². The standard InChI is InChI=1S/C20H31NO3S/c1-7-12(8-2)17(22)21-18-16(19(23)24-6)14-10-9-13(20(3,4)5)11-15(14)25-18/h12-13H,7-11H2,1-6H3,(H,21,22). The van der Waals surface area contributed by atoms with Gasteiger partial charge in [-0.25, -0.2) is 4.79 Å². The molecule has 1 unspecified atom stereocenters. The molecule has 1 atom stereocenters. The number of rotatable bonds is 5. The van der Waals surface area contributed by atoms with Crippen molar-refractivity contribution in [2.75, 3.05) is 12.4 Å². The Bertz CT molecular complexity index is 638.